The van der Waals surface area contributed by atoms with Crippen LogP contribution in [0.5, 0.6) is 5.75 Å². The minimum Gasteiger partial charge on any atom is -0.506 e. The van der Waals surface area contributed by atoms with Gasteiger partial charge in [0, 0.05) is 5.02 Å². The van der Waals surface area contributed by atoms with E-state index in [0.717, 1.165) is 17.8 Å². The highest BCUT2D eigenvalue weighted by molar-refractivity contribution is 7.13. The van der Waals surface area contributed by atoms with Crippen molar-refractivity contribution in [3.63, 3.8) is 0 Å². The molecule has 6 heteroatoms. The average Bonchev–Trinajstić information content (AvgIpc) is 2.75. The molecule has 0 bridgehead atoms. The first-order valence-corrected chi connectivity index (χ1v) is 7.47. The smallest absolute Gasteiger partial charge is 0.267 e. The number of aromatic nitrogens is 1. The summed E-state index contributed by atoms with van der Waals surface area (Å²) >= 11 is 7.23. The molecule has 20 heavy (non-hydrogen) atoms. The molecule has 0 unspecified atom stereocenters. The number of carbonyl (C=O) groups excluding carboxylic acids is 1. The molecule has 0 spiro atoms. The van der Waals surface area contributed by atoms with Crippen molar-refractivity contribution in [2.45, 2.75) is 26.7 Å². The lowest BCUT2D eigenvalue weighted by Gasteiger charge is -2.06. The molecule has 1 aromatic heterocycles. The summed E-state index contributed by atoms with van der Waals surface area (Å²) in [6.07, 6.45) is 1.85. The molecule has 0 fully saturated rings. The van der Waals surface area contributed by atoms with Crippen LogP contribution in [-0.2, 0) is 6.42 Å². The second-order valence-electron chi connectivity index (χ2n) is 4.39. The summed E-state index contributed by atoms with van der Waals surface area (Å²) < 4.78 is 0. The lowest BCUT2D eigenvalue weighted by molar-refractivity contribution is 0.102. The van der Waals surface area contributed by atoms with E-state index in [-0.39, 0.29) is 11.7 Å². The Morgan fingerprint density at radius 1 is 1.50 bits per heavy atom. The normalized spacial score (nSPS) is 10.6. The number of halogens is 1. The van der Waals surface area contributed by atoms with Gasteiger partial charge in [0.1, 0.15) is 10.6 Å². The van der Waals surface area contributed by atoms with E-state index in [1.165, 1.54) is 23.5 Å². The van der Waals surface area contributed by atoms with Gasteiger partial charge in [0.25, 0.3) is 5.91 Å². The number of carbonyl (C=O) groups is 1. The molecule has 0 saturated carbocycles. The molecule has 0 aliphatic carbocycles. The van der Waals surface area contributed by atoms with E-state index < -0.39 is 0 Å². The molecule has 0 radical (unpaired) electrons. The highest BCUT2D eigenvalue weighted by Gasteiger charge is 2.16. The maximum atomic E-state index is 12.2. The quantitative estimate of drug-likeness (QED) is 0.839. The van der Waals surface area contributed by atoms with Crippen molar-refractivity contribution in [2.75, 3.05) is 5.32 Å². The molecule has 1 heterocycles. The maximum Gasteiger partial charge on any atom is 0.267 e. The number of phenolic OH excluding ortho intramolecular Hbond substituents is 1. The molecule has 2 N–H and O–H groups in total. The summed E-state index contributed by atoms with van der Waals surface area (Å²) in [5, 5.41) is 13.8. The van der Waals surface area contributed by atoms with Crippen molar-refractivity contribution >= 4 is 34.5 Å². The summed E-state index contributed by atoms with van der Waals surface area (Å²) in [5.41, 5.74) is 1.00. The van der Waals surface area contributed by atoms with Gasteiger partial charge in [-0.05, 0) is 38.0 Å². The third-order valence-electron chi connectivity index (χ3n) is 2.72. The zero-order valence-electron chi connectivity index (χ0n) is 11.2. The number of anilines is 1. The second-order valence-corrected chi connectivity index (χ2v) is 5.91. The Kier molecular flexibility index (Phi) is 4.62. The monoisotopic (exact) mass is 310 g/mol. The van der Waals surface area contributed by atoms with Gasteiger partial charge in [-0.3, -0.25) is 4.79 Å². The summed E-state index contributed by atoms with van der Waals surface area (Å²) in [7, 11) is 0. The predicted octanol–water partition coefficient (Wildman–Crippen LogP) is 4.02. The van der Waals surface area contributed by atoms with Gasteiger partial charge < -0.3 is 10.4 Å². The number of aryl methyl sites for hydroxylation is 2. The second kappa shape index (κ2) is 6.24. The molecule has 0 aliphatic heterocycles. The number of phenols is 1. The van der Waals surface area contributed by atoms with Crippen molar-refractivity contribution in [3.05, 3.63) is 38.8 Å². The van der Waals surface area contributed by atoms with Crippen molar-refractivity contribution in [1.82, 2.24) is 4.98 Å². The summed E-state index contributed by atoms with van der Waals surface area (Å²) in [4.78, 5) is 17.2. The molecule has 106 valence electrons. The molecule has 2 aromatic rings. The van der Waals surface area contributed by atoms with Crippen LogP contribution in [-0.4, -0.2) is 16.0 Å². The number of nitrogens with one attached hydrogen (secondary N) is 1. The first-order valence-electron chi connectivity index (χ1n) is 6.27. The van der Waals surface area contributed by atoms with Gasteiger partial charge >= 0.3 is 0 Å². The molecule has 1 amide bonds. The largest absolute Gasteiger partial charge is 0.506 e. The van der Waals surface area contributed by atoms with E-state index in [9.17, 15) is 9.90 Å². The van der Waals surface area contributed by atoms with Crippen LogP contribution in [0.3, 0.4) is 0 Å². The lowest BCUT2D eigenvalue weighted by atomic mass is 10.2. The molecule has 4 nitrogen and oxygen atoms in total. The lowest BCUT2D eigenvalue weighted by Crippen LogP contribution is -2.11. The highest BCUT2D eigenvalue weighted by Crippen LogP contribution is 2.28. The zero-order chi connectivity index (χ0) is 14.7. The SMILES string of the molecule is CCCc1nc(C)c(C(=O)Nc2cc(Cl)ccc2O)s1. The maximum absolute atomic E-state index is 12.2. The van der Waals surface area contributed by atoms with Gasteiger partial charge in [-0.15, -0.1) is 11.3 Å². The fraction of sp³-hybridized carbons (Fsp3) is 0.286. The Labute approximate surface area is 126 Å². The molecule has 0 aliphatic rings. The van der Waals surface area contributed by atoms with E-state index in [1.807, 2.05) is 6.92 Å². The standard InChI is InChI=1S/C14H15ClN2O2S/c1-3-4-12-16-8(2)13(20-12)14(19)17-10-7-9(15)5-6-11(10)18/h5-7,18H,3-4H2,1-2H3,(H,17,19). The number of nitrogens with zero attached hydrogens (tertiary/aromatic N) is 1. The first kappa shape index (κ1) is 14.8. The van der Waals surface area contributed by atoms with Crippen LogP contribution in [0.15, 0.2) is 18.2 Å². The van der Waals surface area contributed by atoms with Crippen molar-refractivity contribution in [2.24, 2.45) is 0 Å². The Bertz CT molecular complexity index is 640. The summed E-state index contributed by atoms with van der Waals surface area (Å²) in [6.45, 7) is 3.88. The van der Waals surface area contributed by atoms with E-state index in [4.69, 9.17) is 11.6 Å². The Morgan fingerprint density at radius 3 is 2.95 bits per heavy atom. The molecular weight excluding hydrogens is 296 g/mol. The van der Waals surface area contributed by atoms with Crippen LogP contribution in [0, 0.1) is 6.92 Å². The fourth-order valence-electron chi connectivity index (χ4n) is 1.77. The Morgan fingerprint density at radius 2 is 2.25 bits per heavy atom. The van der Waals surface area contributed by atoms with Crippen molar-refractivity contribution < 1.29 is 9.90 Å². The highest BCUT2D eigenvalue weighted by atomic mass is 35.5. The number of thiazole rings is 1. The van der Waals surface area contributed by atoms with Crippen LogP contribution in [0.2, 0.25) is 5.02 Å². The van der Waals surface area contributed by atoms with Crippen LogP contribution >= 0.6 is 22.9 Å². The Hall–Kier alpha value is -1.59. The number of benzene rings is 1. The third kappa shape index (κ3) is 3.29. The minimum atomic E-state index is -0.278. The van der Waals surface area contributed by atoms with Gasteiger partial charge in [0.15, 0.2) is 0 Å². The molecule has 0 atom stereocenters. The van der Waals surface area contributed by atoms with Crippen molar-refractivity contribution in [1.29, 1.82) is 0 Å². The Balaban J connectivity index is 2.21. The number of hydrogen-bond acceptors (Lipinski definition) is 4. The number of aromatic hydroxyl groups is 1. The topological polar surface area (TPSA) is 62.2 Å². The number of rotatable bonds is 4. The van der Waals surface area contributed by atoms with Gasteiger partial charge in [-0.2, -0.15) is 0 Å². The molecular formula is C14H15ClN2O2S. The molecule has 0 saturated heterocycles. The molecule has 2 rings (SSSR count). The van der Waals surface area contributed by atoms with Crippen LogP contribution in [0.25, 0.3) is 0 Å². The first-order chi connectivity index (χ1) is 9.51. The average molecular weight is 311 g/mol. The van der Waals surface area contributed by atoms with Gasteiger partial charge in [0.05, 0.1) is 16.4 Å². The summed E-state index contributed by atoms with van der Waals surface area (Å²) in [6, 6.07) is 4.52. The number of amides is 1. The van der Waals surface area contributed by atoms with Gasteiger partial charge in [-0.1, -0.05) is 18.5 Å². The van der Waals surface area contributed by atoms with E-state index >= 15 is 0 Å². The van der Waals surface area contributed by atoms with Gasteiger partial charge in [-0.25, -0.2) is 4.98 Å². The third-order valence-corrected chi connectivity index (χ3v) is 4.17. The fourth-order valence-corrected chi connectivity index (χ4v) is 3.00. The zero-order valence-corrected chi connectivity index (χ0v) is 12.8. The summed E-state index contributed by atoms with van der Waals surface area (Å²) in [5.74, 6) is -0.293. The molecule has 1 aromatic carbocycles. The van der Waals surface area contributed by atoms with Crippen LogP contribution < -0.4 is 5.32 Å². The minimum absolute atomic E-state index is 0.0151. The van der Waals surface area contributed by atoms with Crippen LogP contribution in [0.4, 0.5) is 5.69 Å². The van der Waals surface area contributed by atoms with E-state index in [0.29, 0.717) is 21.3 Å². The van der Waals surface area contributed by atoms with Crippen molar-refractivity contribution in [3.8, 4) is 5.75 Å². The predicted molar refractivity (Wildman–Crippen MR) is 81.9 cm³/mol. The van der Waals surface area contributed by atoms with E-state index in [2.05, 4.69) is 17.2 Å². The van der Waals surface area contributed by atoms with E-state index in [1.54, 1.807) is 6.07 Å². The van der Waals surface area contributed by atoms with Crippen LogP contribution in [0.1, 0.15) is 33.7 Å². The van der Waals surface area contributed by atoms with Gasteiger partial charge in [0.2, 0.25) is 0 Å². The number of hydrogen-bond donors (Lipinski definition) is 2.